The van der Waals surface area contributed by atoms with E-state index < -0.39 is 5.82 Å². The number of carbonyl (C=O) groups is 1. The molecule has 4 aromatic rings. The van der Waals surface area contributed by atoms with E-state index in [-0.39, 0.29) is 17.2 Å². The van der Waals surface area contributed by atoms with Gasteiger partial charge < -0.3 is 10.0 Å². The molecular weight excluding hydrogens is 369 g/mol. The molecule has 0 unspecified atom stereocenters. The van der Waals surface area contributed by atoms with E-state index in [0.29, 0.717) is 30.8 Å². The molecule has 1 aliphatic rings. The van der Waals surface area contributed by atoms with E-state index in [2.05, 4.69) is 10.2 Å². The Morgan fingerprint density at radius 3 is 2.83 bits per heavy atom. The number of carbonyl (C=O) groups excluding carboxylic acids is 1. The number of nitrogens with one attached hydrogen (secondary N) is 1. The summed E-state index contributed by atoms with van der Waals surface area (Å²) < 4.78 is 14.4. The van der Waals surface area contributed by atoms with E-state index in [4.69, 9.17) is 0 Å². The van der Waals surface area contributed by atoms with Crippen LogP contribution in [0.3, 0.4) is 0 Å². The van der Waals surface area contributed by atoms with Gasteiger partial charge in [-0.15, -0.1) is 0 Å². The molecule has 2 N–H and O–H groups in total. The highest BCUT2D eigenvalue weighted by atomic mass is 19.1. The Morgan fingerprint density at radius 2 is 1.93 bits per heavy atom. The molecule has 0 fully saturated rings. The minimum absolute atomic E-state index is 0.0300. The van der Waals surface area contributed by atoms with Crippen LogP contribution in [-0.4, -0.2) is 32.7 Å². The van der Waals surface area contributed by atoms with Gasteiger partial charge in [-0.1, -0.05) is 36.4 Å². The Morgan fingerprint density at radius 1 is 1.10 bits per heavy atom. The van der Waals surface area contributed by atoms with Gasteiger partial charge in [0.1, 0.15) is 17.3 Å². The molecule has 144 valence electrons. The fourth-order valence-corrected chi connectivity index (χ4v) is 3.97. The van der Waals surface area contributed by atoms with E-state index in [9.17, 15) is 14.3 Å². The number of aromatic nitrogens is 2. The molecule has 5 nitrogen and oxygen atoms in total. The molecule has 0 aliphatic carbocycles. The second kappa shape index (κ2) is 6.74. The zero-order valence-corrected chi connectivity index (χ0v) is 15.5. The Bertz CT molecular complexity index is 1240. The summed E-state index contributed by atoms with van der Waals surface area (Å²) in [7, 11) is 0. The zero-order valence-electron chi connectivity index (χ0n) is 15.5. The second-order valence-electron chi connectivity index (χ2n) is 7.20. The lowest BCUT2D eigenvalue weighted by atomic mass is 9.98. The highest BCUT2D eigenvalue weighted by molar-refractivity contribution is 6.07. The summed E-state index contributed by atoms with van der Waals surface area (Å²) in [6.45, 7) is 0.886. The van der Waals surface area contributed by atoms with Gasteiger partial charge in [0.15, 0.2) is 0 Å². The van der Waals surface area contributed by atoms with Gasteiger partial charge in [-0.3, -0.25) is 9.89 Å². The van der Waals surface area contributed by atoms with Gasteiger partial charge in [-0.2, -0.15) is 5.10 Å². The van der Waals surface area contributed by atoms with Crippen LogP contribution >= 0.6 is 0 Å². The number of phenolic OH excluding ortho intramolecular Hbond substituents is 1. The molecule has 5 rings (SSSR count). The first-order valence-corrected chi connectivity index (χ1v) is 9.44. The highest BCUT2D eigenvalue weighted by Gasteiger charge is 2.28. The van der Waals surface area contributed by atoms with Crippen LogP contribution in [0.1, 0.15) is 21.6 Å². The number of nitrogens with zero attached hydrogens (tertiary/aromatic N) is 2. The number of amides is 1. The fraction of sp³-hybridized carbons (Fsp3) is 0.130. The minimum Gasteiger partial charge on any atom is -0.508 e. The number of hydrogen-bond acceptors (Lipinski definition) is 3. The third-order valence-corrected chi connectivity index (χ3v) is 5.45. The van der Waals surface area contributed by atoms with E-state index >= 15 is 0 Å². The molecule has 1 aromatic heterocycles. The van der Waals surface area contributed by atoms with Crippen molar-refractivity contribution in [3.8, 4) is 17.0 Å². The van der Waals surface area contributed by atoms with Crippen LogP contribution in [0.5, 0.6) is 5.75 Å². The molecule has 0 saturated carbocycles. The van der Waals surface area contributed by atoms with Crippen molar-refractivity contribution in [1.29, 1.82) is 0 Å². The number of benzene rings is 3. The van der Waals surface area contributed by atoms with Crippen molar-refractivity contribution in [2.45, 2.75) is 13.0 Å². The van der Waals surface area contributed by atoms with Crippen LogP contribution in [0.2, 0.25) is 0 Å². The number of fused-ring (bicyclic) bond motifs is 2. The van der Waals surface area contributed by atoms with Crippen LogP contribution in [0.15, 0.2) is 60.7 Å². The molecule has 6 heteroatoms. The Balaban J connectivity index is 1.52. The van der Waals surface area contributed by atoms with Crippen molar-refractivity contribution in [3.63, 3.8) is 0 Å². The molecule has 3 aromatic carbocycles. The van der Waals surface area contributed by atoms with Crippen molar-refractivity contribution in [2.75, 3.05) is 6.54 Å². The lowest BCUT2D eigenvalue weighted by molar-refractivity contribution is 0.0736. The molecule has 0 bridgehead atoms. The predicted molar refractivity (Wildman–Crippen MR) is 108 cm³/mol. The topological polar surface area (TPSA) is 69.2 Å². The fourth-order valence-electron chi connectivity index (χ4n) is 3.97. The standard InChI is InChI=1S/C23H18FN3O2/c24-20-9-8-15(28)12-18(20)22-19-13-27(11-10-21(19)25-26-22)23(29)17-7-3-5-14-4-1-2-6-16(14)17/h1-9,12,28H,10-11,13H2,(H,25,26). The van der Waals surface area contributed by atoms with E-state index in [0.717, 1.165) is 22.0 Å². The third kappa shape index (κ3) is 2.93. The van der Waals surface area contributed by atoms with Crippen molar-refractivity contribution in [2.24, 2.45) is 0 Å². The van der Waals surface area contributed by atoms with Crippen LogP contribution in [-0.2, 0) is 13.0 Å². The van der Waals surface area contributed by atoms with Crippen LogP contribution in [0.25, 0.3) is 22.0 Å². The maximum Gasteiger partial charge on any atom is 0.254 e. The Hall–Kier alpha value is -3.67. The number of phenols is 1. The summed E-state index contributed by atoms with van der Waals surface area (Å²) in [5, 5.41) is 18.9. The number of hydrogen-bond donors (Lipinski definition) is 2. The van der Waals surface area contributed by atoms with Gasteiger partial charge in [0.05, 0.1) is 0 Å². The Labute approximate surface area is 166 Å². The van der Waals surface area contributed by atoms with Crippen LogP contribution < -0.4 is 0 Å². The molecule has 1 aliphatic heterocycles. The van der Waals surface area contributed by atoms with Crippen molar-refractivity contribution >= 4 is 16.7 Å². The number of H-pyrrole nitrogens is 1. The summed E-state index contributed by atoms with van der Waals surface area (Å²) in [4.78, 5) is 15.1. The lowest BCUT2D eigenvalue weighted by Crippen LogP contribution is -2.36. The molecule has 0 radical (unpaired) electrons. The van der Waals surface area contributed by atoms with Crippen LogP contribution in [0.4, 0.5) is 4.39 Å². The number of aromatic amines is 1. The van der Waals surface area contributed by atoms with Gasteiger partial charge in [-0.25, -0.2) is 4.39 Å². The van der Waals surface area contributed by atoms with Crippen LogP contribution in [0, 0.1) is 5.82 Å². The quantitative estimate of drug-likeness (QED) is 0.540. The van der Waals surface area contributed by atoms with Crippen molar-refractivity contribution < 1.29 is 14.3 Å². The van der Waals surface area contributed by atoms with Gasteiger partial charge in [0.25, 0.3) is 5.91 Å². The molecule has 0 atom stereocenters. The molecular formula is C23H18FN3O2. The van der Waals surface area contributed by atoms with Gasteiger partial charge in [-0.05, 0) is 35.0 Å². The SMILES string of the molecule is O=C(c1cccc2ccccc12)N1CCc2[nH]nc(-c3cc(O)ccc3F)c2C1. The lowest BCUT2D eigenvalue weighted by Gasteiger charge is -2.27. The first-order valence-electron chi connectivity index (χ1n) is 9.44. The second-order valence-corrected chi connectivity index (χ2v) is 7.20. The average Bonchev–Trinajstić information content (AvgIpc) is 3.17. The summed E-state index contributed by atoms with van der Waals surface area (Å²) in [5.74, 6) is -0.553. The maximum absolute atomic E-state index is 14.4. The summed E-state index contributed by atoms with van der Waals surface area (Å²) in [6, 6.07) is 17.4. The average molecular weight is 387 g/mol. The predicted octanol–water partition coefficient (Wildman–Crippen LogP) is 4.27. The van der Waals surface area contributed by atoms with Gasteiger partial charge in [0, 0.05) is 41.9 Å². The zero-order chi connectivity index (χ0) is 20.0. The summed E-state index contributed by atoms with van der Waals surface area (Å²) >= 11 is 0. The number of halogens is 1. The first kappa shape index (κ1) is 17.4. The molecule has 2 heterocycles. The third-order valence-electron chi connectivity index (χ3n) is 5.45. The van der Waals surface area contributed by atoms with Gasteiger partial charge >= 0.3 is 0 Å². The smallest absolute Gasteiger partial charge is 0.254 e. The number of rotatable bonds is 2. The minimum atomic E-state index is -0.463. The van der Waals surface area contributed by atoms with E-state index in [1.807, 2.05) is 42.5 Å². The summed E-state index contributed by atoms with van der Waals surface area (Å²) in [6.07, 6.45) is 0.610. The monoisotopic (exact) mass is 387 g/mol. The van der Waals surface area contributed by atoms with Crippen molar-refractivity contribution in [1.82, 2.24) is 15.1 Å². The van der Waals surface area contributed by atoms with E-state index in [1.165, 1.54) is 18.2 Å². The largest absolute Gasteiger partial charge is 0.508 e. The van der Waals surface area contributed by atoms with Crippen molar-refractivity contribution in [3.05, 3.63) is 83.3 Å². The first-order chi connectivity index (χ1) is 14.1. The Kier molecular flexibility index (Phi) is 4.05. The molecule has 0 saturated heterocycles. The van der Waals surface area contributed by atoms with E-state index in [1.54, 1.807) is 4.90 Å². The normalized spacial score (nSPS) is 13.5. The highest BCUT2D eigenvalue weighted by Crippen LogP contribution is 2.33. The molecule has 1 amide bonds. The summed E-state index contributed by atoms with van der Waals surface area (Å²) in [5.41, 5.74) is 2.99. The number of aromatic hydroxyl groups is 1. The molecule has 0 spiro atoms. The van der Waals surface area contributed by atoms with Gasteiger partial charge in [0.2, 0.25) is 0 Å². The molecule has 29 heavy (non-hydrogen) atoms. The maximum atomic E-state index is 14.4.